The Hall–Kier alpha value is -2.93. The van der Waals surface area contributed by atoms with Crippen LogP contribution in [0.25, 0.3) is 10.8 Å². The van der Waals surface area contributed by atoms with Gasteiger partial charge in [-0.1, -0.05) is 48.4 Å². The van der Waals surface area contributed by atoms with Crippen LogP contribution >= 0.6 is 0 Å². The van der Waals surface area contributed by atoms with Crippen molar-refractivity contribution in [1.82, 2.24) is 19.4 Å². The molecule has 1 unspecified atom stereocenters. The smallest absolute Gasteiger partial charge is 0.242 e. The molecule has 0 saturated carbocycles. The first-order chi connectivity index (χ1) is 16.8. The summed E-state index contributed by atoms with van der Waals surface area (Å²) in [6.07, 6.45) is 6.89. The van der Waals surface area contributed by atoms with E-state index in [4.69, 9.17) is 6.42 Å². The number of rotatable bonds is 10. The van der Waals surface area contributed by atoms with E-state index >= 15 is 0 Å². The zero-order valence-electron chi connectivity index (χ0n) is 20.4. The standard InChI is InChI=1S/C26H34N4O4S/c1-4-14-28(3)26(32)17-27-25(31)19-30(35(33)34)18-21-12-15-29(16-13-21)20(2)23-11-7-9-22-8-5-6-10-24(22)23/h1,5-11,20-21,35H,12-19H2,2-3H3,(H,27,31). The first-order valence-corrected chi connectivity index (χ1v) is 13.0. The number of nitrogens with zero attached hydrogens (tertiary/aromatic N) is 3. The third-order valence-electron chi connectivity index (χ3n) is 6.69. The molecule has 0 bridgehead atoms. The highest BCUT2D eigenvalue weighted by Crippen LogP contribution is 2.31. The van der Waals surface area contributed by atoms with Crippen molar-refractivity contribution >= 4 is 33.5 Å². The number of piperidine rings is 1. The Balaban J connectivity index is 1.51. The Morgan fingerprint density at radius 1 is 1.17 bits per heavy atom. The van der Waals surface area contributed by atoms with Crippen LogP contribution in [0.15, 0.2) is 42.5 Å². The maximum atomic E-state index is 12.3. The second-order valence-electron chi connectivity index (χ2n) is 9.04. The van der Waals surface area contributed by atoms with Crippen LogP contribution in [-0.4, -0.2) is 80.7 Å². The third-order valence-corrected chi connectivity index (χ3v) is 7.45. The molecule has 9 heteroatoms. The summed E-state index contributed by atoms with van der Waals surface area (Å²) in [5.74, 6) is 1.69. The largest absolute Gasteiger partial charge is 0.346 e. The van der Waals surface area contributed by atoms with E-state index in [1.54, 1.807) is 7.05 Å². The molecule has 1 aliphatic heterocycles. The second kappa shape index (κ2) is 12.7. The summed E-state index contributed by atoms with van der Waals surface area (Å²) in [6, 6.07) is 15.0. The van der Waals surface area contributed by atoms with E-state index in [1.807, 2.05) is 6.07 Å². The van der Waals surface area contributed by atoms with Crippen LogP contribution in [0, 0.1) is 18.3 Å². The molecule has 2 amide bonds. The van der Waals surface area contributed by atoms with E-state index in [0.717, 1.165) is 25.9 Å². The molecule has 0 aromatic heterocycles. The van der Waals surface area contributed by atoms with E-state index in [-0.39, 0.29) is 37.5 Å². The lowest BCUT2D eigenvalue weighted by molar-refractivity contribution is -0.131. The van der Waals surface area contributed by atoms with E-state index in [0.29, 0.717) is 6.54 Å². The number of terminal acetylenes is 1. The fourth-order valence-electron chi connectivity index (χ4n) is 4.58. The molecule has 2 aromatic carbocycles. The average Bonchev–Trinajstić information content (AvgIpc) is 2.86. The molecular formula is C26H34N4O4S. The Labute approximate surface area is 209 Å². The summed E-state index contributed by atoms with van der Waals surface area (Å²) in [5.41, 5.74) is 1.30. The van der Waals surface area contributed by atoms with Gasteiger partial charge in [0.25, 0.3) is 0 Å². The molecule has 188 valence electrons. The molecule has 2 aromatic rings. The molecule has 3 rings (SSSR count). The number of carbonyl (C=O) groups excluding carboxylic acids is 2. The van der Waals surface area contributed by atoms with E-state index in [2.05, 4.69) is 59.5 Å². The predicted molar refractivity (Wildman–Crippen MR) is 138 cm³/mol. The minimum Gasteiger partial charge on any atom is -0.346 e. The maximum Gasteiger partial charge on any atom is 0.242 e. The highest BCUT2D eigenvalue weighted by atomic mass is 32.2. The maximum absolute atomic E-state index is 12.3. The van der Waals surface area contributed by atoms with Crippen molar-refractivity contribution in [2.75, 3.05) is 46.3 Å². The van der Waals surface area contributed by atoms with Gasteiger partial charge in [0.05, 0.1) is 19.6 Å². The van der Waals surface area contributed by atoms with E-state index < -0.39 is 16.8 Å². The SMILES string of the molecule is C#CCN(C)C(=O)CNC(=O)CN(CC1CCN(C(C)c2cccc3ccccc23)CC1)[SH](=O)=O. The quantitative estimate of drug-likeness (QED) is 0.384. The fraction of sp³-hybridized carbons (Fsp3) is 0.462. The summed E-state index contributed by atoms with van der Waals surface area (Å²) < 4.78 is 24.8. The van der Waals surface area contributed by atoms with Crippen LogP contribution in [0.1, 0.15) is 31.4 Å². The molecule has 1 heterocycles. The predicted octanol–water partition coefficient (Wildman–Crippen LogP) is 1.65. The molecule has 8 nitrogen and oxygen atoms in total. The first-order valence-electron chi connectivity index (χ1n) is 11.8. The van der Waals surface area contributed by atoms with Gasteiger partial charge in [0.1, 0.15) is 0 Å². The summed E-state index contributed by atoms with van der Waals surface area (Å²) in [7, 11) is -1.36. The highest BCUT2D eigenvalue weighted by Gasteiger charge is 2.27. The zero-order chi connectivity index (χ0) is 25.4. The molecule has 35 heavy (non-hydrogen) atoms. The molecule has 0 radical (unpaired) electrons. The minimum absolute atomic E-state index is 0.144. The van der Waals surface area contributed by atoms with Crippen LogP contribution in [0.3, 0.4) is 0 Å². The number of benzene rings is 2. The van der Waals surface area contributed by atoms with Crippen molar-refractivity contribution in [1.29, 1.82) is 0 Å². The van der Waals surface area contributed by atoms with Crippen molar-refractivity contribution in [3.05, 3.63) is 48.0 Å². The first kappa shape index (κ1) is 26.7. The molecule has 1 saturated heterocycles. The number of nitrogens with one attached hydrogen (secondary N) is 1. The van der Waals surface area contributed by atoms with Crippen molar-refractivity contribution in [3.8, 4) is 12.3 Å². The van der Waals surface area contributed by atoms with Gasteiger partial charge in [-0.25, -0.2) is 8.42 Å². The number of likely N-dealkylation sites (tertiary alicyclic amines) is 1. The molecule has 1 N–H and O–H groups in total. The van der Waals surface area contributed by atoms with Gasteiger partial charge in [-0.15, -0.1) is 6.42 Å². The van der Waals surface area contributed by atoms with Crippen LogP contribution in [0.2, 0.25) is 0 Å². The molecule has 1 aliphatic rings. The number of thiol groups is 1. The number of carbonyl (C=O) groups is 2. The number of likely N-dealkylation sites (N-methyl/N-ethyl adjacent to an activating group) is 1. The van der Waals surface area contributed by atoms with Crippen LogP contribution < -0.4 is 5.32 Å². The lowest BCUT2D eigenvalue weighted by atomic mass is 9.93. The highest BCUT2D eigenvalue weighted by molar-refractivity contribution is 7.69. The van der Waals surface area contributed by atoms with Crippen LogP contribution in [0.5, 0.6) is 0 Å². The third kappa shape index (κ3) is 7.28. The van der Waals surface area contributed by atoms with Gasteiger partial charge in [-0.05, 0) is 55.1 Å². The van der Waals surface area contributed by atoms with Crippen LogP contribution in [-0.2, 0) is 20.5 Å². The molecule has 0 aliphatic carbocycles. The Bertz CT molecular complexity index is 1140. The monoisotopic (exact) mass is 498 g/mol. The number of amides is 2. The van der Waals surface area contributed by atoms with Gasteiger partial charge < -0.3 is 10.2 Å². The summed E-state index contributed by atoms with van der Waals surface area (Å²) in [6.45, 7) is 3.87. The van der Waals surface area contributed by atoms with Gasteiger partial charge in [0.15, 0.2) is 0 Å². The summed E-state index contributed by atoms with van der Waals surface area (Å²) in [4.78, 5) is 27.9. The van der Waals surface area contributed by atoms with Gasteiger partial charge in [-0.2, -0.15) is 4.31 Å². The zero-order valence-corrected chi connectivity index (χ0v) is 21.2. The number of hydrogen-bond donors (Lipinski definition) is 2. The van der Waals surface area contributed by atoms with Gasteiger partial charge in [-0.3, -0.25) is 14.5 Å². The molecule has 1 atom stereocenters. The second-order valence-corrected chi connectivity index (χ2v) is 10.1. The fourth-order valence-corrected chi connectivity index (χ4v) is 5.19. The Morgan fingerprint density at radius 3 is 2.54 bits per heavy atom. The van der Waals surface area contributed by atoms with Gasteiger partial charge >= 0.3 is 0 Å². The molecule has 0 spiro atoms. The Morgan fingerprint density at radius 2 is 1.86 bits per heavy atom. The Kier molecular flexibility index (Phi) is 9.66. The summed E-state index contributed by atoms with van der Waals surface area (Å²) >= 11 is 0. The van der Waals surface area contributed by atoms with Gasteiger partial charge in [0.2, 0.25) is 22.7 Å². The molecule has 1 fully saturated rings. The van der Waals surface area contributed by atoms with Crippen molar-refractivity contribution < 1.29 is 18.0 Å². The summed E-state index contributed by atoms with van der Waals surface area (Å²) in [5, 5.41) is 4.97. The number of hydrogen-bond acceptors (Lipinski definition) is 5. The topological polar surface area (TPSA) is 90.0 Å². The normalized spacial score (nSPS) is 15.7. The van der Waals surface area contributed by atoms with Crippen molar-refractivity contribution in [3.63, 3.8) is 0 Å². The lowest BCUT2D eigenvalue weighted by Gasteiger charge is -2.37. The van der Waals surface area contributed by atoms with Crippen LogP contribution in [0.4, 0.5) is 0 Å². The average molecular weight is 499 g/mol. The lowest BCUT2D eigenvalue weighted by Crippen LogP contribution is -2.44. The van der Waals surface area contributed by atoms with Crippen molar-refractivity contribution in [2.45, 2.75) is 25.8 Å². The van der Waals surface area contributed by atoms with E-state index in [1.165, 1.54) is 25.5 Å². The molecular weight excluding hydrogens is 464 g/mol. The van der Waals surface area contributed by atoms with Gasteiger partial charge in [0, 0.05) is 19.6 Å². The number of fused-ring (bicyclic) bond motifs is 1. The van der Waals surface area contributed by atoms with Crippen molar-refractivity contribution in [2.24, 2.45) is 5.92 Å². The minimum atomic E-state index is -2.91. The van der Waals surface area contributed by atoms with E-state index in [9.17, 15) is 18.0 Å².